The zero-order valence-corrected chi connectivity index (χ0v) is 15.7. The van der Waals surface area contributed by atoms with Crippen LogP contribution in [0.2, 0.25) is 0 Å². The molecule has 10 heteroatoms. The van der Waals surface area contributed by atoms with E-state index in [2.05, 4.69) is 15.9 Å². The molecule has 9 nitrogen and oxygen atoms in total. The van der Waals surface area contributed by atoms with Crippen molar-refractivity contribution < 1.29 is 24.5 Å². The average molecular weight is 421 g/mol. The number of hydrogen-bond donors (Lipinski definition) is 2. The van der Waals surface area contributed by atoms with Crippen LogP contribution in [0.15, 0.2) is 15.8 Å². The van der Waals surface area contributed by atoms with Crippen LogP contribution in [-0.4, -0.2) is 49.9 Å². The number of nitrogens with zero attached hydrogens (tertiary/aromatic N) is 2. The maximum Gasteiger partial charge on any atom is 0.425 e. The molecule has 1 saturated heterocycles. The van der Waals surface area contributed by atoms with E-state index in [0.29, 0.717) is 4.57 Å². The molecule has 3 atom stereocenters. The van der Waals surface area contributed by atoms with E-state index in [0.717, 1.165) is 4.57 Å². The fourth-order valence-corrected chi connectivity index (χ4v) is 2.83. The van der Waals surface area contributed by atoms with Gasteiger partial charge in [0.05, 0.1) is 12.7 Å². The minimum atomic E-state index is -1.09. The van der Waals surface area contributed by atoms with Gasteiger partial charge in [0.25, 0.3) is 5.56 Å². The van der Waals surface area contributed by atoms with Gasteiger partial charge in [0.1, 0.15) is 17.9 Å². The first kappa shape index (κ1) is 19.8. The number of rotatable bonds is 3. The number of carbonyl (C=O) groups excluding carboxylic acids is 1. The Labute approximate surface area is 151 Å². The summed E-state index contributed by atoms with van der Waals surface area (Å²) in [6.07, 6.45) is -2.48. The van der Waals surface area contributed by atoms with E-state index in [1.165, 1.54) is 6.20 Å². The van der Waals surface area contributed by atoms with Gasteiger partial charge in [-0.05, 0) is 20.8 Å². The fourth-order valence-electron chi connectivity index (χ4n) is 2.44. The monoisotopic (exact) mass is 420 g/mol. The average Bonchev–Trinajstić information content (AvgIpc) is 2.86. The molecule has 1 aromatic rings. The molecule has 0 amide bonds. The lowest BCUT2D eigenvalue weighted by molar-refractivity contribution is -0.0464. The molecule has 25 heavy (non-hydrogen) atoms. The van der Waals surface area contributed by atoms with E-state index in [1.54, 1.807) is 20.8 Å². The summed E-state index contributed by atoms with van der Waals surface area (Å²) in [4.78, 5) is 37.4. The van der Waals surface area contributed by atoms with Gasteiger partial charge in [-0.1, -0.05) is 15.9 Å². The third kappa shape index (κ3) is 4.20. The first-order chi connectivity index (χ1) is 11.6. The fraction of sp³-hybridized carbons (Fsp3) is 0.667. The smallest absolute Gasteiger partial charge is 0.425 e. The molecule has 0 spiro atoms. The van der Waals surface area contributed by atoms with Crippen molar-refractivity contribution in [2.75, 3.05) is 6.61 Å². The summed E-state index contributed by atoms with van der Waals surface area (Å²) in [6.45, 7) is 4.44. The van der Waals surface area contributed by atoms with Crippen LogP contribution in [0.1, 0.15) is 39.0 Å². The number of aliphatic hydroxyl groups excluding tert-OH is 2. The van der Waals surface area contributed by atoms with Gasteiger partial charge in [-0.25, -0.2) is 9.59 Å². The minimum Gasteiger partial charge on any atom is -0.443 e. The molecule has 2 heterocycles. The number of ether oxygens (including phenoxy) is 2. The van der Waals surface area contributed by atoms with Crippen LogP contribution in [0.3, 0.4) is 0 Å². The summed E-state index contributed by atoms with van der Waals surface area (Å²) in [5, 5.41) is 19.1. The number of aromatic nitrogens is 2. The lowest BCUT2D eigenvalue weighted by atomic mass is 10.2. The topological polar surface area (TPSA) is 120 Å². The second kappa shape index (κ2) is 7.40. The van der Waals surface area contributed by atoms with Crippen molar-refractivity contribution in [2.24, 2.45) is 0 Å². The van der Waals surface area contributed by atoms with E-state index >= 15 is 0 Å². The number of aliphatic hydroxyl groups is 2. The van der Waals surface area contributed by atoms with Crippen LogP contribution in [0.25, 0.3) is 0 Å². The standard InChI is InChI=1S/C15H21BrN2O7/c1-15(2,3)25-14(23)18-12(21)8(5-16)6-17(13(18)22)11-4-9(20)10(7-19)24-11/h6,9-11,19-20H,4-5,7H2,1-3H3/t9-,10+,11+/m0/s1. The van der Waals surface area contributed by atoms with Gasteiger partial charge in [0, 0.05) is 23.5 Å². The van der Waals surface area contributed by atoms with Crippen LogP contribution in [0.4, 0.5) is 4.79 Å². The van der Waals surface area contributed by atoms with E-state index in [1.807, 2.05) is 0 Å². The predicted molar refractivity (Wildman–Crippen MR) is 90.8 cm³/mol. The van der Waals surface area contributed by atoms with Crippen molar-refractivity contribution in [3.05, 3.63) is 32.6 Å². The number of carbonyl (C=O) groups is 1. The molecule has 0 saturated carbocycles. The van der Waals surface area contributed by atoms with Crippen molar-refractivity contribution in [2.45, 2.75) is 56.6 Å². The zero-order chi connectivity index (χ0) is 18.9. The molecule has 1 fully saturated rings. The maximum absolute atomic E-state index is 12.7. The number of halogens is 1. The van der Waals surface area contributed by atoms with Gasteiger partial charge in [-0.2, -0.15) is 4.57 Å². The third-order valence-corrected chi connectivity index (χ3v) is 4.20. The van der Waals surface area contributed by atoms with Crippen LogP contribution in [0, 0.1) is 0 Å². The highest BCUT2D eigenvalue weighted by atomic mass is 79.9. The Morgan fingerprint density at radius 3 is 2.56 bits per heavy atom. The summed E-state index contributed by atoms with van der Waals surface area (Å²) in [5.41, 5.74) is -2.46. The van der Waals surface area contributed by atoms with E-state index in [9.17, 15) is 24.6 Å². The SMILES string of the molecule is CC(C)(C)OC(=O)n1c(=O)c(CBr)cn([C@H]2C[C@H](O)[C@@H](CO)O2)c1=O. The molecule has 0 radical (unpaired) electrons. The van der Waals surface area contributed by atoms with E-state index < -0.39 is 48.0 Å². The predicted octanol–water partition coefficient (Wildman–Crippen LogP) is 0.329. The number of hydrogen-bond acceptors (Lipinski definition) is 7. The summed E-state index contributed by atoms with van der Waals surface area (Å²) >= 11 is 3.15. The second-order valence-corrected chi connectivity index (χ2v) is 7.27. The van der Waals surface area contributed by atoms with Gasteiger partial charge in [0.15, 0.2) is 0 Å². The van der Waals surface area contributed by atoms with Crippen LogP contribution in [-0.2, 0) is 14.8 Å². The van der Waals surface area contributed by atoms with Gasteiger partial charge >= 0.3 is 11.8 Å². The lowest BCUT2D eigenvalue weighted by Crippen LogP contribution is -2.47. The Hall–Kier alpha value is -1.49. The Bertz CT molecular complexity index is 765. The molecule has 0 aliphatic carbocycles. The lowest BCUT2D eigenvalue weighted by Gasteiger charge is -2.21. The highest BCUT2D eigenvalue weighted by Gasteiger charge is 2.36. The minimum absolute atomic E-state index is 0.0411. The van der Waals surface area contributed by atoms with Crippen molar-refractivity contribution in [3.8, 4) is 0 Å². The molecule has 0 bridgehead atoms. The molecule has 1 aliphatic rings. The van der Waals surface area contributed by atoms with Crippen LogP contribution in [0.5, 0.6) is 0 Å². The van der Waals surface area contributed by atoms with E-state index in [-0.39, 0.29) is 17.3 Å². The maximum atomic E-state index is 12.7. The van der Waals surface area contributed by atoms with Crippen LogP contribution < -0.4 is 11.2 Å². The summed E-state index contributed by atoms with van der Waals surface area (Å²) in [7, 11) is 0. The van der Waals surface area contributed by atoms with Crippen molar-refractivity contribution in [1.29, 1.82) is 0 Å². The van der Waals surface area contributed by atoms with E-state index in [4.69, 9.17) is 9.47 Å². The molecular weight excluding hydrogens is 400 g/mol. The Kier molecular flexibility index (Phi) is 5.87. The van der Waals surface area contributed by atoms with Crippen LogP contribution >= 0.6 is 15.9 Å². The first-order valence-electron chi connectivity index (χ1n) is 7.69. The zero-order valence-electron chi connectivity index (χ0n) is 14.1. The Balaban J connectivity index is 2.53. The largest absolute Gasteiger partial charge is 0.443 e. The van der Waals surface area contributed by atoms with Crippen molar-refractivity contribution in [3.63, 3.8) is 0 Å². The molecule has 0 aromatic carbocycles. The second-order valence-electron chi connectivity index (χ2n) is 6.71. The molecule has 0 unspecified atom stereocenters. The summed E-state index contributed by atoms with van der Waals surface area (Å²) < 4.78 is 12.0. The highest BCUT2D eigenvalue weighted by molar-refractivity contribution is 9.08. The Morgan fingerprint density at radius 1 is 1.44 bits per heavy atom. The third-order valence-electron chi connectivity index (χ3n) is 3.60. The summed E-state index contributed by atoms with van der Waals surface area (Å²) in [6, 6.07) is 0. The Morgan fingerprint density at radius 2 is 2.08 bits per heavy atom. The highest BCUT2D eigenvalue weighted by Crippen LogP contribution is 2.27. The molecule has 1 aromatic heterocycles. The number of alkyl halides is 1. The van der Waals surface area contributed by atoms with Gasteiger partial charge < -0.3 is 19.7 Å². The van der Waals surface area contributed by atoms with Crippen molar-refractivity contribution in [1.82, 2.24) is 9.13 Å². The molecule has 2 N–H and O–H groups in total. The normalized spacial score (nSPS) is 23.7. The van der Waals surface area contributed by atoms with Crippen molar-refractivity contribution >= 4 is 22.0 Å². The summed E-state index contributed by atoms with van der Waals surface area (Å²) in [5.74, 6) is 0. The van der Waals surface area contributed by atoms with Gasteiger partial charge in [0.2, 0.25) is 0 Å². The first-order valence-corrected chi connectivity index (χ1v) is 8.82. The molecular formula is C15H21BrN2O7. The molecule has 2 rings (SSSR count). The quantitative estimate of drug-likeness (QED) is 0.675. The molecule has 1 aliphatic heterocycles. The molecule has 140 valence electrons. The van der Waals surface area contributed by atoms with Gasteiger partial charge in [-0.15, -0.1) is 0 Å². The van der Waals surface area contributed by atoms with Gasteiger partial charge in [-0.3, -0.25) is 9.36 Å².